The Labute approximate surface area is 64.2 Å². The number of aliphatic imine (C=N–C) groups is 1. The van der Waals surface area contributed by atoms with Gasteiger partial charge in [0, 0.05) is 0 Å². The second-order valence-electron chi connectivity index (χ2n) is 2.15. The van der Waals surface area contributed by atoms with E-state index in [9.17, 15) is 0 Å². The monoisotopic (exact) mass is 156 g/mol. The first-order valence-corrected chi connectivity index (χ1v) is 3.51. The molecule has 0 radical (unpaired) electrons. The van der Waals surface area contributed by atoms with Gasteiger partial charge in [-0.15, -0.1) is 12.6 Å². The normalized spacial score (nSPS) is 29.5. The Morgan fingerprint density at radius 3 is 3.40 bits per heavy atom. The first-order valence-electron chi connectivity index (χ1n) is 3.06. The van der Waals surface area contributed by atoms with Crippen molar-refractivity contribution in [2.45, 2.75) is 6.17 Å². The van der Waals surface area contributed by atoms with Gasteiger partial charge >= 0.3 is 0 Å². The number of fused-ring (bicyclic) bond motifs is 1. The molecule has 0 aromatic rings. The van der Waals surface area contributed by atoms with Crippen molar-refractivity contribution in [2.24, 2.45) is 4.99 Å². The fourth-order valence-corrected chi connectivity index (χ4v) is 1.28. The number of nitrogens with zero attached hydrogens (tertiary/aromatic N) is 1. The first-order chi connectivity index (χ1) is 4.88. The average molecular weight is 156 g/mol. The minimum atomic E-state index is 0.0914. The van der Waals surface area contributed by atoms with Gasteiger partial charge < -0.3 is 10.6 Å². The number of hydrogen-bond donors (Lipinski definition) is 4. The third-order valence-corrected chi connectivity index (χ3v) is 1.92. The predicted octanol–water partition coefficient (Wildman–Crippen LogP) is -0.807. The van der Waals surface area contributed by atoms with Crippen molar-refractivity contribution >= 4 is 19.0 Å². The number of nitrogens with one attached hydrogen (secondary N) is 3. The molecule has 0 fully saturated rings. The van der Waals surface area contributed by atoms with Gasteiger partial charge in [-0.1, -0.05) is 0 Å². The Balaban J connectivity index is 2.30. The van der Waals surface area contributed by atoms with Gasteiger partial charge in [0.25, 0.3) is 0 Å². The molecule has 0 aromatic heterocycles. The lowest BCUT2D eigenvalue weighted by atomic mass is 10.3. The molecule has 3 N–H and O–H groups in total. The Morgan fingerprint density at radius 2 is 2.60 bits per heavy atom. The van der Waals surface area contributed by atoms with Crippen LogP contribution in [0.25, 0.3) is 0 Å². The summed E-state index contributed by atoms with van der Waals surface area (Å²) < 4.78 is 0. The lowest BCUT2D eigenvalue weighted by molar-refractivity contribution is 0.533. The van der Waals surface area contributed by atoms with Crippen LogP contribution in [0.1, 0.15) is 0 Å². The van der Waals surface area contributed by atoms with Crippen molar-refractivity contribution < 1.29 is 0 Å². The van der Waals surface area contributed by atoms with Crippen molar-refractivity contribution in [1.29, 1.82) is 0 Å². The fourth-order valence-electron chi connectivity index (χ4n) is 1.01. The highest BCUT2D eigenvalue weighted by Crippen LogP contribution is 2.13. The van der Waals surface area contributed by atoms with E-state index < -0.39 is 0 Å². The Kier molecular flexibility index (Phi) is 1.32. The van der Waals surface area contributed by atoms with Gasteiger partial charge in [0.15, 0.2) is 0 Å². The van der Waals surface area contributed by atoms with E-state index in [1.165, 1.54) is 0 Å². The number of hydrogen-bond acceptors (Lipinski definition) is 5. The Morgan fingerprint density at radius 1 is 1.70 bits per heavy atom. The van der Waals surface area contributed by atoms with Crippen LogP contribution in [0.5, 0.6) is 0 Å². The van der Waals surface area contributed by atoms with Crippen LogP contribution in [0.4, 0.5) is 0 Å². The van der Waals surface area contributed by atoms with Crippen molar-refractivity contribution in [1.82, 2.24) is 16.0 Å². The number of thiol groups is 1. The van der Waals surface area contributed by atoms with Crippen molar-refractivity contribution in [3.63, 3.8) is 0 Å². The van der Waals surface area contributed by atoms with E-state index in [2.05, 4.69) is 33.6 Å². The molecule has 0 spiro atoms. The summed E-state index contributed by atoms with van der Waals surface area (Å²) >= 11 is 4.22. The molecule has 4 nitrogen and oxygen atoms in total. The molecular weight excluding hydrogens is 148 g/mol. The summed E-state index contributed by atoms with van der Waals surface area (Å²) in [4.78, 5) is 4.11. The van der Waals surface area contributed by atoms with E-state index in [1.807, 2.05) is 0 Å². The molecule has 2 rings (SSSR count). The maximum atomic E-state index is 4.22. The topological polar surface area (TPSA) is 48.5 Å². The van der Waals surface area contributed by atoms with Crippen molar-refractivity contribution in [3.05, 3.63) is 10.7 Å². The second-order valence-corrected chi connectivity index (χ2v) is 2.59. The van der Waals surface area contributed by atoms with Crippen LogP contribution < -0.4 is 16.0 Å². The van der Waals surface area contributed by atoms with Gasteiger partial charge in [-0.3, -0.25) is 10.3 Å². The van der Waals surface area contributed by atoms with Crippen LogP contribution in [0.15, 0.2) is 15.7 Å². The molecular formula is C5H8N4S. The van der Waals surface area contributed by atoms with Gasteiger partial charge in [0.05, 0.1) is 23.7 Å². The van der Waals surface area contributed by atoms with Crippen LogP contribution in [0.3, 0.4) is 0 Å². The highest BCUT2D eigenvalue weighted by atomic mass is 32.1. The molecule has 5 heteroatoms. The van der Waals surface area contributed by atoms with Gasteiger partial charge in [-0.2, -0.15) is 0 Å². The standard InChI is InChI=1S/C5H8N4S/c10-5-3-4(7-1-6-3)8-2-9-5/h1,4,8-10H,2H2,(H,6,7). The lowest BCUT2D eigenvalue weighted by Crippen LogP contribution is -2.42. The van der Waals surface area contributed by atoms with E-state index >= 15 is 0 Å². The van der Waals surface area contributed by atoms with Crippen LogP contribution in [-0.4, -0.2) is 19.2 Å². The van der Waals surface area contributed by atoms with Crippen LogP contribution >= 0.6 is 12.6 Å². The summed E-state index contributed by atoms with van der Waals surface area (Å²) in [5, 5.41) is 10.0. The average Bonchev–Trinajstić information content (AvgIpc) is 2.36. The molecule has 2 aliphatic heterocycles. The SMILES string of the molecule is SC1=C2NC=NC2NCN1. The van der Waals surface area contributed by atoms with Gasteiger partial charge in [-0.25, -0.2) is 0 Å². The van der Waals surface area contributed by atoms with Gasteiger partial charge in [0.2, 0.25) is 0 Å². The molecule has 0 bridgehead atoms. The minimum Gasteiger partial charge on any atom is -0.366 e. The smallest absolute Gasteiger partial charge is 0.146 e. The molecule has 2 heterocycles. The summed E-state index contributed by atoms with van der Waals surface area (Å²) in [6.07, 6.45) is 1.77. The summed E-state index contributed by atoms with van der Waals surface area (Å²) in [6, 6.07) is 0. The summed E-state index contributed by atoms with van der Waals surface area (Å²) in [7, 11) is 0. The molecule has 0 aliphatic carbocycles. The molecule has 1 unspecified atom stereocenters. The molecule has 0 saturated carbocycles. The van der Waals surface area contributed by atoms with Gasteiger partial charge in [-0.05, 0) is 0 Å². The lowest BCUT2D eigenvalue weighted by Gasteiger charge is -2.21. The van der Waals surface area contributed by atoms with Crippen molar-refractivity contribution in [3.8, 4) is 0 Å². The van der Waals surface area contributed by atoms with Gasteiger partial charge in [0.1, 0.15) is 6.17 Å². The highest BCUT2D eigenvalue weighted by molar-refractivity contribution is 7.84. The summed E-state index contributed by atoms with van der Waals surface area (Å²) in [5.74, 6) is 0. The van der Waals surface area contributed by atoms with E-state index in [4.69, 9.17) is 0 Å². The second kappa shape index (κ2) is 2.17. The summed E-state index contributed by atoms with van der Waals surface area (Å²) in [5.41, 5.74) is 1.01. The third-order valence-electron chi connectivity index (χ3n) is 1.52. The zero-order valence-corrected chi connectivity index (χ0v) is 6.15. The zero-order valence-electron chi connectivity index (χ0n) is 5.26. The predicted molar refractivity (Wildman–Crippen MR) is 42.6 cm³/mol. The maximum absolute atomic E-state index is 4.22. The van der Waals surface area contributed by atoms with Crippen molar-refractivity contribution in [2.75, 3.05) is 6.67 Å². The van der Waals surface area contributed by atoms with E-state index in [0.717, 1.165) is 17.4 Å². The minimum absolute atomic E-state index is 0.0914. The third kappa shape index (κ3) is 0.783. The molecule has 1 atom stereocenters. The van der Waals surface area contributed by atoms with Crippen LogP contribution in [0.2, 0.25) is 0 Å². The number of rotatable bonds is 0. The van der Waals surface area contributed by atoms with E-state index in [0.29, 0.717) is 0 Å². The fraction of sp³-hybridized carbons (Fsp3) is 0.400. The Bertz CT molecular complexity index is 210. The zero-order chi connectivity index (χ0) is 6.97. The molecule has 10 heavy (non-hydrogen) atoms. The summed E-state index contributed by atoms with van der Waals surface area (Å²) in [6.45, 7) is 0.728. The molecule has 0 saturated heterocycles. The van der Waals surface area contributed by atoms with E-state index in [1.54, 1.807) is 6.34 Å². The maximum Gasteiger partial charge on any atom is 0.146 e. The van der Waals surface area contributed by atoms with E-state index in [-0.39, 0.29) is 6.17 Å². The van der Waals surface area contributed by atoms with Crippen LogP contribution in [0, 0.1) is 0 Å². The highest BCUT2D eigenvalue weighted by Gasteiger charge is 2.22. The first kappa shape index (κ1) is 6.06. The van der Waals surface area contributed by atoms with Crippen LogP contribution in [-0.2, 0) is 0 Å². The molecule has 2 aliphatic rings. The molecule has 0 amide bonds. The molecule has 54 valence electrons. The Hall–Kier alpha value is -0.680. The molecule has 0 aromatic carbocycles. The quantitative estimate of drug-likeness (QED) is 0.347. The largest absolute Gasteiger partial charge is 0.366 e.